The Hall–Kier alpha value is -1.02. The SMILES string of the molecule is COc1ccc(C23CC(CN(C)C)(C2)C3)cc1. The zero-order chi connectivity index (χ0) is 12.1. The molecule has 3 aliphatic rings. The molecule has 3 aliphatic carbocycles. The van der Waals surface area contributed by atoms with Crippen LogP contribution in [-0.4, -0.2) is 32.6 Å². The van der Waals surface area contributed by atoms with Crippen LogP contribution in [0.5, 0.6) is 5.75 Å². The van der Waals surface area contributed by atoms with Crippen LogP contribution < -0.4 is 4.74 Å². The molecule has 0 aromatic heterocycles. The Bertz CT molecular complexity index is 401. The highest BCUT2D eigenvalue weighted by Gasteiger charge is 2.67. The standard InChI is InChI=1S/C15H21NO/c1-16(2)11-14-8-15(9-14,10-14)12-4-6-13(17-3)7-5-12/h4-7H,8-11H2,1-3H3. The molecule has 0 amide bonds. The fourth-order valence-corrected chi connectivity index (χ4v) is 4.09. The van der Waals surface area contributed by atoms with Crippen molar-refractivity contribution < 1.29 is 4.74 Å². The highest BCUT2D eigenvalue weighted by molar-refractivity contribution is 5.41. The van der Waals surface area contributed by atoms with Gasteiger partial charge in [0.05, 0.1) is 7.11 Å². The topological polar surface area (TPSA) is 12.5 Å². The monoisotopic (exact) mass is 231 g/mol. The Kier molecular flexibility index (Phi) is 2.27. The lowest BCUT2D eigenvalue weighted by Gasteiger charge is -2.72. The smallest absolute Gasteiger partial charge is 0.118 e. The van der Waals surface area contributed by atoms with Crippen LogP contribution in [0.25, 0.3) is 0 Å². The molecule has 1 aromatic rings. The summed E-state index contributed by atoms with van der Waals surface area (Å²) in [6.07, 6.45) is 4.14. The van der Waals surface area contributed by atoms with Crippen molar-refractivity contribution in [3.05, 3.63) is 29.8 Å². The largest absolute Gasteiger partial charge is 0.497 e. The summed E-state index contributed by atoms with van der Waals surface area (Å²) < 4.78 is 5.21. The third-order valence-corrected chi connectivity index (χ3v) is 4.49. The van der Waals surface area contributed by atoms with Gasteiger partial charge in [0.15, 0.2) is 0 Å². The van der Waals surface area contributed by atoms with Crippen LogP contribution in [0, 0.1) is 5.41 Å². The molecule has 0 heterocycles. The Morgan fingerprint density at radius 3 is 2.18 bits per heavy atom. The van der Waals surface area contributed by atoms with E-state index < -0.39 is 0 Å². The summed E-state index contributed by atoms with van der Waals surface area (Å²) in [6, 6.07) is 8.68. The molecule has 0 spiro atoms. The minimum absolute atomic E-state index is 0.516. The Morgan fingerprint density at radius 2 is 1.71 bits per heavy atom. The number of rotatable bonds is 4. The fraction of sp³-hybridized carbons (Fsp3) is 0.600. The molecule has 2 bridgehead atoms. The molecular weight excluding hydrogens is 210 g/mol. The zero-order valence-corrected chi connectivity index (χ0v) is 11.0. The predicted octanol–water partition coefficient (Wildman–Crippen LogP) is 2.68. The van der Waals surface area contributed by atoms with Crippen molar-refractivity contribution in [2.24, 2.45) is 5.41 Å². The van der Waals surface area contributed by atoms with Gasteiger partial charge in [-0.25, -0.2) is 0 Å². The molecule has 17 heavy (non-hydrogen) atoms. The summed E-state index contributed by atoms with van der Waals surface area (Å²) in [5.74, 6) is 0.961. The summed E-state index contributed by atoms with van der Waals surface area (Å²) >= 11 is 0. The van der Waals surface area contributed by atoms with E-state index in [1.54, 1.807) is 7.11 Å². The Balaban J connectivity index is 1.69. The maximum absolute atomic E-state index is 5.21. The van der Waals surface area contributed by atoms with E-state index in [1.807, 2.05) is 0 Å². The number of methoxy groups -OCH3 is 1. The van der Waals surface area contributed by atoms with Gasteiger partial charge in [-0.2, -0.15) is 0 Å². The third-order valence-electron chi connectivity index (χ3n) is 4.49. The normalized spacial score (nSPS) is 34.1. The second-order valence-corrected chi connectivity index (χ2v) is 6.28. The number of hydrogen-bond acceptors (Lipinski definition) is 2. The number of nitrogens with zero attached hydrogens (tertiary/aromatic N) is 1. The molecule has 1 aromatic carbocycles. The minimum Gasteiger partial charge on any atom is -0.497 e. The van der Waals surface area contributed by atoms with Gasteiger partial charge in [-0.3, -0.25) is 0 Å². The molecule has 0 unspecified atom stereocenters. The van der Waals surface area contributed by atoms with Crippen LogP contribution in [0.4, 0.5) is 0 Å². The van der Waals surface area contributed by atoms with Crippen LogP contribution in [0.3, 0.4) is 0 Å². The van der Waals surface area contributed by atoms with Crippen LogP contribution in [-0.2, 0) is 5.41 Å². The van der Waals surface area contributed by atoms with Gasteiger partial charge in [0.2, 0.25) is 0 Å². The van der Waals surface area contributed by atoms with E-state index in [4.69, 9.17) is 4.74 Å². The highest BCUT2D eigenvalue weighted by atomic mass is 16.5. The maximum Gasteiger partial charge on any atom is 0.118 e. The zero-order valence-electron chi connectivity index (χ0n) is 11.0. The highest BCUT2D eigenvalue weighted by Crippen LogP contribution is 2.73. The summed E-state index contributed by atoms with van der Waals surface area (Å²) in [5, 5.41) is 0. The van der Waals surface area contributed by atoms with Crippen LogP contribution >= 0.6 is 0 Å². The molecule has 4 rings (SSSR count). The predicted molar refractivity (Wildman–Crippen MR) is 69.5 cm³/mol. The van der Waals surface area contributed by atoms with Gasteiger partial charge in [0.25, 0.3) is 0 Å². The molecule has 3 fully saturated rings. The molecule has 3 saturated carbocycles. The molecule has 2 nitrogen and oxygen atoms in total. The summed E-state index contributed by atoms with van der Waals surface area (Å²) in [5.41, 5.74) is 2.67. The minimum atomic E-state index is 0.516. The first-order valence-corrected chi connectivity index (χ1v) is 6.37. The molecule has 0 N–H and O–H groups in total. The van der Waals surface area contributed by atoms with E-state index in [9.17, 15) is 0 Å². The molecule has 92 valence electrons. The van der Waals surface area contributed by atoms with Gasteiger partial charge >= 0.3 is 0 Å². The van der Waals surface area contributed by atoms with Crippen LogP contribution in [0.1, 0.15) is 24.8 Å². The van der Waals surface area contributed by atoms with Crippen molar-refractivity contribution in [3.63, 3.8) is 0 Å². The van der Waals surface area contributed by atoms with Crippen molar-refractivity contribution in [3.8, 4) is 5.75 Å². The van der Waals surface area contributed by atoms with Gasteiger partial charge in [-0.1, -0.05) is 12.1 Å². The number of hydrogen-bond donors (Lipinski definition) is 0. The average Bonchev–Trinajstić information content (AvgIpc) is 2.21. The summed E-state index contributed by atoms with van der Waals surface area (Å²) in [7, 11) is 6.09. The molecule has 0 aliphatic heterocycles. The summed E-state index contributed by atoms with van der Waals surface area (Å²) in [4.78, 5) is 2.33. The van der Waals surface area contributed by atoms with Gasteiger partial charge in [0.1, 0.15) is 5.75 Å². The molecule has 2 heteroatoms. The number of ether oxygens (including phenoxy) is 1. The molecule has 0 radical (unpaired) electrons. The Morgan fingerprint density at radius 1 is 1.12 bits per heavy atom. The van der Waals surface area contributed by atoms with Crippen molar-refractivity contribution in [2.75, 3.05) is 27.7 Å². The van der Waals surface area contributed by atoms with E-state index in [2.05, 4.69) is 43.3 Å². The van der Waals surface area contributed by atoms with Crippen molar-refractivity contribution in [1.82, 2.24) is 4.90 Å². The van der Waals surface area contributed by atoms with E-state index in [1.165, 1.54) is 31.4 Å². The number of benzene rings is 1. The fourth-order valence-electron chi connectivity index (χ4n) is 4.09. The van der Waals surface area contributed by atoms with Gasteiger partial charge in [-0.05, 0) is 61.9 Å². The molecule has 0 saturated heterocycles. The van der Waals surface area contributed by atoms with Crippen molar-refractivity contribution in [1.29, 1.82) is 0 Å². The second-order valence-electron chi connectivity index (χ2n) is 6.28. The van der Waals surface area contributed by atoms with E-state index in [0.29, 0.717) is 10.8 Å². The maximum atomic E-state index is 5.21. The Labute approximate surface area is 104 Å². The van der Waals surface area contributed by atoms with Crippen molar-refractivity contribution in [2.45, 2.75) is 24.7 Å². The van der Waals surface area contributed by atoms with Gasteiger partial charge in [0, 0.05) is 6.54 Å². The first kappa shape index (κ1) is 11.1. The van der Waals surface area contributed by atoms with Crippen LogP contribution in [0.15, 0.2) is 24.3 Å². The first-order chi connectivity index (χ1) is 8.07. The lowest BCUT2D eigenvalue weighted by atomic mass is 9.33. The van der Waals surface area contributed by atoms with Crippen molar-refractivity contribution >= 4 is 0 Å². The van der Waals surface area contributed by atoms with Crippen LogP contribution in [0.2, 0.25) is 0 Å². The van der Waals surface area contributed by atoms with E-state index in [-0.39, 0.29) is 0 Å². The average molecular weight is 231 g/mol. The van der Waals surface area contributed by atoms with Gasteiger partial charge < -0.3 is 9.64 Å². The van der Waals surface area contributed by atoms with Gasteiger partial charge in [-0.15, -0.1) is 0 Å². The lowest BCUT2D eigenvalue weighted by molar-refractivity contribution is -0.151. The second kappa shape index (κ2) is 3.49. The van der Waals surface area contributed by atoms with E-state index >= 15 is 0 Å². The molecule has 0 atom stereocenters. The lowest BCUT2D eigenvalue weighted by Crippen LogP contribution is -2.67. The molecular formula is C15H21NO. The quantitative estimate of drug-likeness (QED) is 0.790. The van der Waals surface area contributed by atoms with E-state index in [0.717, 1.165) is 5.75 Å². The first-order valence-electron chi connectivity index (χ1n) is 6.37. The third kappa shape index (κ3) is 1.58. The summed E-state index contributed by atoms with van der Waals surface area (Å²) in [6.45, 7) is 1.25.